The van der Waals surface area contributed by atoms with Gasteiger partial charge >= 0.3 is 0 Å². The van der Waals surface area contributed by atoms with E-state index in [-0.39, 0.29) is 11.1 Å². The second-order valence-corrected chi connectivity index (χ2v) is 9.54. The van der Waals surface area contributed by atoms with Crippen molar-refractivity contribution in [2.75, 3.05) is 30.3 Å². The number of hydrogen-bond donors (Lipinski definition) is 4. The number of imide groups is 1. The van der Waals surface area contributed by atoms with Crippen LogP contribution in [0.4, 0.5) is 16.6 Å². The number of H-pyrrole nitrogens is 1. The molecule has 0 atom stereocenters. The molecule has 2 saturated heterocycles. The molecule has 11 heteroatoms. The molecule has 0 unspecified atom stereocenters. The summed E-state index contributed by atoms with van der Waals surface area (Å²) in [7, 11) is 0. The Bertz CT molecular complexity index is 1250. The zero-order valence-corrected chi connectivity index (χ0v) is 19.8. The van der Waals surface area contributed by atoms with Crippen LogP contribution in [0.15, 0.2) is 47.6 Å². The number of thioether (sulfide) groups is 1. The number of anilines is 2. The van der Waals surface area contributed by atoms with E-state index in [4.69, 9.17) is 5.73 Å². The number of piperidine rings is 1. The molecular weight excluding hydrogens is 464 g/mol. The lowest BCUT2D eigenvalue weighted by molar-refractivity contribution is -0.115. The summed E-state index contributed by atoms with van der Waals surface area (Å²) in [6, 6.07) is 9.54. The van der Waals surface area contributed by atoms with Crippen LogP contribution in [0.5, 0.6) is 0 Å². The molecule has 0 saturated carbocycles. The number of pyridine rings is 1. The zero-order valence-electron chi connectivity index (χ0n) is 19.0. The van der Waals surface area contributed by atoms with Gasteiger partial charge < -0.3 is 20.9 Å². The maximum atomic E-state index is 11.8. The van der Waals surface area contributed by atoms with Gasteiger partial charge in [0.15, 0.2) is 0 Å². The van der Waals surface area contributed by atoms with Crippen molar-refractivity contribution in [2.45, 2.75) is 19.4 Å². The van der Waals surface area contributed by atoms with Crippen LogP contribution in [0.25, 0.3) is 17.5 Å². The van der Waals surface area contributed by atoms with Crippen LogP contribution in [0.2, 0.25) is 0 Å². The Morgan fingerprint density at radius 3 is 2.77 bits per heavy atom. The molecule has 2 fully saturated rings. The summed E-state index contributed by atoms with van der Waals surface area (Å²) in [5.74, 6) is 1.32. The molecule has 3 aromatic rings. The van der Waals surface area contributed by atoms with E-state index in [1.807, 2.05) is 30.5 Å². The average Bonchev–Trinajstić information content (AvgIpc) is 3.50. The fourth-order valence-electron chi connectivity index (χ4n) is 4.25. The van der Waals surface area contributed by atoms with Crippen LogP contribution in [0.1, 0.15) is 24.1 Å². The predicted molar refractivity (Wildman–Crippen MR) is 136 cm³/mol. The van der Waals surface area contributed by atoms with Gasteiger partial charge in [-0.1, -0.05) is 6.07 Å². The van der Waals surface area contributed by atoms with Crippen molar-refractivity contribution in [1.82, 2.24) is 30.6 Å². The predicted octanol–water partition coefficient (Wildman–Crippen LogP) is 2.78. The molecule has 0 aliphatic carbocycles. The Balaban J connectivity index is 1.14. The summed E-state index contributed by atoms with van der Waals surface area (Å²) < 4.78 is 0. The smallest absolute Gasteiger partial charge is 0.290 e. The summed E-state index contributed by atoms with van der Waals surface area (Å²) >= 11 is 0.885. The van der Waals surface area contributed by atoms with Gasteiger partial charge in [-0.3, -0.25) is 14.9 Å². The highest BCUT2D eigenvalue weighted by molar-refractivity contribution is 8.18. The highest BCUT2D eigenvalue weighted by atomic mass is 32.2. The zero-order chi connectivity index (χ0) is 24.2. The van der Waals surface area contributed by atoms with Crippen molar-refractivity contribution in [3.05, 3.63) is 58.9 Å². The maximum absolute atomic E-state index is 11.8. The first-order valence-corrected chi connectivity index (χ1v) is 12.3. The van der Waals surface area contributed by atoms with Crippen molar-refractivity contribution in [1.29, 1.82) is 0 Å². The van der Waals surface area contributed by atoms with Gasteiger partial charge in [0, 0.05) is 32.0 Å². The van der Waals surface area contributed by atoms with E-state index in [9.17, 15) is 9.59 Å². The van der Waals surface area contributed by atoms with E-state index >= 15 is 0 Å². The third-order valence-electron chi connectivity index (χ3n) is 6.08. The standard InChI is InChI=1S/C24H26N8O2S/c25-20-4-3-16(21(30-20)18-2-1-8-27-18)14-26-13-15-6-10-32(11-7-15)23-28-9-5-17(29-23)12-19-22(33)31-24(34)35-19/h1-5,8-9,12,15,26-27H,6-7,10-11,13-14H2,(H2,25,30)(H,31,33,34)/b19-12+. The largest absolute Gasteiger partial charge is 0.384 e. The number of nitrogens with zero attached hydrogens (tertiary/aromatic N) is 4. The van der Waals surface area contributed by atoms with Crippen LogP contribution in [0, 0.1) is 5.92 Å². The summed E-state index contributed by atoms with van der Waals surface area (Å²) in [5, 5.41) is 5.48. The molecule has 2 aliphatic rings. The van der Waals surface area contributed by atoms with Crippen LogP contribution in [-0.2, 0) is 11.3 Å². The normalized spacial score (nSPS) is 17.8. The van der Waals surface area contributed by atoms with Crippen molar-refractivity contribution in [2.24, 2.45) is 5.92 Å². The second kappa shape index (κ2) is 10.3. The van der Waals surface area contributed by atoms with Gasteiger partial charge in [0.25, 0.3) is 11.1 Å². The van der Waals surface area contributed by atoms with E-state index < -0.39 is 0 Å². The topological polar surface area (TPSA) is 142 Å². The lowest BCUT2D eigenvalue weighted by Crippen LogP contribution is -2.38. The molecule has 0 radical (unpaired) electrons. The number of hydrogen-bond acceptors (Lipinski definition) is 9. The molecule has 2 aliphatic heterocycles. The molecule has 3 aromatic heterocycles. The minimum atomic E-state index is -0.386. The summed E-state index contributed by atoms with van der Waals surface area (Å²) in [5.41, 5.74) is 9.46. The fourth-order valence-corrected chi connectivity index (χ4v) is 4.92. The molecule has 5 rings (SSSR count). The van der Waals surface area contributed by atoms with Crippen molar-refractivity contribution < 1.29 is 9.59 Å². The van der Waals surface area contributed by atoms with Crippen LogP contribution in [0.3, 0.4) is 0 Å². The minimum Gasteiger partial charge on any atom is -0.384 e. The van der Waals surface area contributed by atoms with Gasteiger partial charge in [-0.2, -0.15) is 0 Å². The van der Waals surface area contributed by atoms with E-state index in [1.165, 1.54) is 0 Å². The first-order valence-electron chi connectivity index (χ1n) is 11.5. The van der Waals surface area contributed by atoms with Gasteiger partial charge in [-0.05, 0) is 73.0 Å². The van der Waals surface area contributed by atoms with E-state index in [0.717, 1.165) is 67.7 Å². The van der Waals surface area contributed by atoms with Crippen molar-refractivity contribution in [3.63, 3.8) is 0 Å². The minimum absolute atomic E-state index is 0.347. The molecule has 0 spiro atoms. The number of nitrogen functional groups attached to an aromatic ring is 1. The highest BCUT2D eigenvalue weighted by Gasteiger charge is 2.26. The summed E-state index contributed by atoms with van der Waals surface area (Å²) in [6.45, 7) is 3.35. The maximum Gasteiger partial charge on any atom is 0.290 e. The molecule has 35 heavy (non-hydrogen) atoms. The number of carbonyl (C=O) groups is 2. The molecule has 5 N–H and O–H groups in total. The molecule has 0 bridgehead atoms. The molecule has 180 valence electrons. The van der Waals surface area contributed by atoms with Crippen LogP contribution < -0.4 is 21.3 Å². The van der Waals surface area contributed by atoms with Gasteiger partial charge in [0.05, 0.1) is 22.0 Å². The monoisotopic (exact) mass is 490 g/mol. The van der Waals surface area contributed by atoms with E-state index in [2.05, 4.69) is 35.5 Å². The first-order chi connectivity index (χ1) is 17.0. The second-order valence-electron chi connectivity index (χ2n) is 8.52. The number of nitrogens with two attached hydrogens (primary N) is 1. The van der Waals surface area contributed by atoms with Crippen LogP contribution >= 0.6 is 11.8 Å². The van der Waals surface area contributed by atoms with E-state index in [0.29, 0.717) is 28.3 Å². The molecule has 0 aromatic carbocycles. The molecular formula is C24H26N8O2S. The highest BCUT2D eigenvalue weighted by Crippen LogP contribution is 2.26. The Morgan fingerprint density at radius 1 is 1.17 bits per heavy atom. The Morgan fingerprint density at radius 2 is 2.03 bits per heavy atom. The lowest BCUT2D eigenvalue weighted by atomic mass is 9.97. The Labute approximate surface area is 206 Å². The lowest BCUT2D eigenvalue weighted by Gasteiger charge is -2.32. The Kier molecular flexibility index (Phi) is 6.77. The number of aromatic amines is 1. The van der Waals surface area contributed by atoms with Crippen molar-refractivity contribution >= 4 is 40.8 Å². The SMILES string of the molecule is Nc1ccc(CNCC2CCN(c3nccc(/C=C4/SC(=O)NC4=O)n3)CC2)c(-c2ccc[nH]2)n1. The quantitative estimate of drug-likeness (QED) is 0.368. The van der Waals surface area contributed by atoms with Gasteiger partial charge in [0.1, 0.15) is 5.82 Å². The third kappa shape index (κ3) is 5.52. The van der Waals surface area contributed by atoms with E-state index in [1.54, 1.807) is 18.3 Å². The fraction of sp³-hybridized carbons (Fsp3) is 0.292. The molecule has 5 heterocycles. The van der Waals surface area contributed by atoms with Crippen LogP contribution in [-0.4, -0.2) is 50.7 Å². The average molecular weight is 491 g/mol. The first kappa shape index (κ1) is 23.1. The molecule has 2 amide bonds. The number of nitrogens with one attached hydrogen (secondary N) is 3. The third-order valence-corrected chi connectivity index (χ3v) is 6.90. The summed E-state index contributed by atoms with van der Waals surface area (Å²) in [4.78, 5) is 42.4. The number of aromatic nitrogens is 4. The Hall–Kier alpha value is -3.70. The van der Waals surface area contributed by atoms with Gasteiger partial charge in [0.2, 0.25) is 5.95 Å². The van der Waals surface area contributed by atoms with Crippen molar-refractivity contribution in [3.8, 4) is 11.4 Å². The number of carbonyl (C=O) groups excluding carboxylic acids is 2. The van der Waals surface area contributed by atoms with Gasteiger partial charge in [-0.15, -0.1) is 0 Å². The summed E-state index contributed by atoms with van der Waals surface area (Å²) in [6.07, 6.45) is 7.24. The molecule has 10 nitrogen and oxygen atoms in total. The van der Waals surface area contributed by atoms with Gasteiger partial charge in [-0.25, -0.2) is 15.0 Å². The number of rotatable bonds is 7. The number of amides is 2.